The molecule has 0 N–H and O–H groups in total. The summed E-state index contributed by atoms with van der Waals surface area (Å²) in [5.74, 6) is 0. The van der Waals surface area contributed by atoms with Gasteiger partial charge in [0.1, 0.15) is 11.2 Å². The van der Waals surface area contributed by atoms with Gasteiger partial charge in [-0.2, -0.15) is 0 Å². The highest BCUT2D eigenvalue weighted by Gasteiger charge is 2.13. The molecule has 1 heteroatoms. The zero-order valence-electron chi connectivity index (χ0n) is 16.5. The van der Waals surface area contributed by atoms with Crippen molar-refractivity contribution in [1.29, 1.82) is 0 Å². The van der Waals surface area contributed by atoms with Crippen LogP contribution in [-0.2, 0) is 6.42 Å². The van der Waals surface area contributed by atoms with Crippen LogP contribution < -0.4 is 0 Å². The molecular formula is C29H20O. The Morgan fingerprint density at radius 2 is 1.33 bits per heavy atom. The number of fused-ring (bicyclic) bond motifs is 5. The van der Waals surface area contributed by atoms with E-state index in [-0.39, 0.29) is 0 Å². The van der Waals surface area contributed by atoms with E-state index in [1.165, 1.54) is 43.8 Å². The quantitative estimate of drug-likeness (QED) is 0.301. The molecule has 0 aliphatic heterocycles. The third kappa shape index (κ3) is 2.79. The molecule has 0 bridgehead atoms. The standard InChI is InChI=1S/C29H20O/c1-2-9-21(10-3-1)23-12-6-8-20(18-23)19-24-13-7-15-26-28-25-14-5-4-11-22(25)16-17-27(28)30-29(24)26/h1-18H,19H2. The molecule has 0 atom stereocenters. The van der Waals surface area contributed by atoms with Crippen LogP contribution in [0.3, 0.4) is 0 Å². The molecule has 0 aliphatic rings. The summed E-state index contributed by atoms with van der Waals surface area (Å²) in [6.45, 7) is 0. The molecule has 6 rings (SSSR count). The fraction of sp³-hybridized carbons (Fsp3) is 0.0345. The van der Waals surface area contributed by atoms with Gasteiger partial charge >= 0.3 is 0 Å². The first-order valence-corrected chi connectivity index (χ1v) is 10.3. The lowest BCUT2D eigenvalue weighted by Crippen LogP contribution is -1.89. The molecular weight excluding hydrogens is 364 g/mol. The van der Waals surface area contributed by atoms with Crippen LogP contribution in [0.25, 0.3) is 43.8 Å². The van der Waals surface area contributed by atoms with Gasteiger partial charge in [0.15, 0.2) is 0 Å². The third-order valence-corrected chi connectivity index (χ3v) is 5.90. The second-order valence-corrected chi connectivity index (χ2v) is 7.80. The molecule has 1 aromatic heterocycles. The van der Waals surface area contributed by atoms with E-state index in [1.807, 2.05) is 0 Å². The molecule has 1 nitrogen and oxygen atoms in total. The number of hydrogen-bond acceptors (Lipinski definition) is 1. The lowest BCUT2D eigenvalue weighted by molar-refractivity contribution is 0.664. The van der Waals surface area contributed by atoms with E-state index >= 15 is 0 Å². The van der Waals surface area contributed by atoms with Gasteiger partial charge in [-0.15, -0.1) is 0 Å². The molecule has 6 aromatic rings. The van der Waals surface area contributed by atoms with E-state index in [0.717, 1.165) is 17.6 Å². The Morgan fingerprint density at radius 3 is 2.27 bits per heavy atom. The maximum absolute atomic E-state index is 6.38. The van der Waals surface area contributed by atoms with Crippen molar-refractivity contribution in [2.75, 3.05) is 0 Å². The maximum atomic E-state index is 6.38. The minimum Gasteiger partial charge on any atom is -0.456 e. The van der Waals surface area contributed by atoms with Gasteiger partial charge in [0.25, 0.3) is 0 Å². The summed E-state index contributed by atoms with van der Waals surface area (Å²) in [4.78, 5) is 0. The van der Waals surface area contributed by atoms with E-state index < -0.39 is 0 Å². The van der Waals surface area contributed by atoms with Crippen LogP contribution in [0.4, 0.5) is 0 Å². The monoisotopic (exact) mass is 384 g/mol. The summed E-state index contributed by atoms with van der Waals surface area (Å²) in [7, 11) is 0. The van der Waals surface area contributed by atoms with E-state index in [9.17, 15) is 0 Å². The summed E-state index contributed by atoms with van der Waals surface area (Å²) in [6.07, 6.45) is 0.843. The van der Waals surface area contributed by atoms with Crippen LogP contribution in [-0.4, -0.2) is 0 Å². The summed E-state index contributed by atoms with van der Waals surface area (Å²) >= 11 is 0. The minimum atomic E-state index is 0.843. The summed E-state index contributed by atoms with van der Waals surface area (Å²) < 4.78 is 6.38. The van der Waals surface area contributed by atoms with Crippen LogP contribution in [0.5, 0.6) is 0 Å². The van der Waals surface area contributed by atoms with Gasteiger partial charge in [0.2, 0.25) is 0 Å². The van der Waals surface area contributed by atoms with Gasteiger partial charge < -0.3 is 4.42 Å². The maximum Gasteiger partial charge on any atom is 0.138 e. The van der Waals surface area contributed by atoms with Crippen molar-refractivity contribution in [2.24, 2.45) is 0 Å². The molecule has 0 spiro atoms. The topological polar surface area (TPSA) is 13.1 Å². The highest BCUT2D eigenvalue weighted by atomic mass is 16.3. The molecule has 0 saturated carbocycles. The second-order valence-electron chi connectivity index (χ2n) is 7.80. The molecule has 0 unspecified atom stereocenters. The number of furan rings is 1. The SMILES string of the molecule is c1ccc(-c2cccc(Cc3cccc4c3oc3ccc5ccccc5c34)c2)cc1. The highest BCUT2D eigenvalue weighted by molar-refractivity contribution is 6.19. The van der Waals surface area contributed by atoms with Crippen LogP contribution in [0.2, 0.25) is 0 Å². The summed E-state index contributed by atoms with van der Waals surface area (Å²) in [5.41, 5.74) is 6.94. The fourth-order valence-electron chi connectivity index (χ4n) is 4.48. The summed E-state index contributed by atoms with van der Waals surface area (Å²) in [6, 6.07) is 38.6. The fourth-order valence-corrected chi connectivity index (χ4v) is 4.48. The van der Waals surface area contributed by atoms with Gasteiger partial charge in [0.05, 0.1) is 0 Å². The van der Waals surface area contributed by atoms with E-state index in [0.29, 0.717) is 0 Å². The molecule has 0 amide bonds. The average molecular weight is 384 g/mol. The van der Waals surface area contributed by atoms with Crippen molar-refractivity contribution < 1.29 is 4.42 Å². The van der Waals surface area contributed by atoms with Crippen molar-refractivity contribution in [1.82, 2.24) is 0 Å². The highest BCUT2D eigenvalue weighted by Crippen LogP contribution is 2.36. The zero-order chi connectivity index (χ0) is 19.9. The van der Waals surface area contributed by atoms with Crippen LogP contribution >= 0.6 is 0 Å². The smallest absolute Gasteiger partial charge is 0.138 e. The number of hydrogen-bond donors (Lipinski definition) is 0. The first-order chi connectivity index (χ1) is 14.9. The Balaban J connectivity index is 1.49. The molecule has 142 valence electrons. The predicted molar refractivity (Wildman–Crippen MR) is 126 cm³/mol. The largest absolute Gasteiger partial charge is 0.456 e. The first kappa shape index (κ1) is 17.1. The van der Waals surface area contributed by atoms with Crippen molar-refractivity contribution in [3.8, 4) is 11.1 Å². The molecule has 5 aromatic carbocycles. The van der Waals surface area contributed by atoms with E-state index in [2.05, 4.69) is 109 Å². The summed E-state index contributed by atoms with van der Waals surface area (Å²) in [5, 5.41) is 4.90. The molecule has 1 heterocycles. The molecule has 30 heavy (non-hydrogen) atoms. The Morgan fingerprint density at radius 1 is 0.567 bits per heavy atom. The Kier molecular flexibility index (Phi) is 3.92. The van der Waals surface area contributed by atoms with Gasteiger partial charge in [-0.25, -0.2) is 0 Å². The lowest BCUT2D eigenvalue weighted by atomic mass is 9.97. The molecule has 0 fully saturated rings. The van der Waals surface area contributed by atoms with Gasteiger partial charge in [-0.3, -0.25) is 0 Å². The van der Waals surface area contributed by atoms with Crippen LogP contribution in [0.1, 0.15) is 11.1 Å². The lowest BCUT2D eigenvalue weighted by Gasteiger charge is -2.07. The number of rotatable bonds is 3. The second kappa shape index (κ2) is 6.89. The first-order valence-electron chi connectivity index (χ1n) is 10.3. The van der Waals surface area contributed by atoms with Crippen molar-refractivity contribution in [3.63, 3.8) is 0 Å². The Hall–Kier alpha value is -3.84. The molecule has 0 radical (unpaired) electrons. The number of para-hydroxylation sites is 1. The van der Waals surface area contributed by atoms with Crippen molar-refractivity contribution >= 4 is 32.7 Å². The average Bonchev–Trinajstić information content (AvgIpc) is 3.20. The van der Waals surface area contributed by atoms with Gasteiger partial charge in [-0.05, 0) is 39.1 Å². The number of benzene rings is 5. The van der Waals surface area contributed by atoms with E-state index in [4.69, 9.17) is 4.42 Å². The van der Waals surface area contributed by atoms with Gasteiger partial charge in [0, 0.05) is 17.2 Å². The van der Waals surface area contributed by atoms with Gasteiger partial charge in [-0.1, -0.05) is 103 Å². The van der Waals surface area contributed by atoms with Crippen molar-refractivity contribution in [2.45, 2.75) is 6.42 Å². The van der Waals surface area contributed by atoms with Crippen LogP contribution in [0.15, 0.2) is 114 Å². The predicted octanol–water partition coefficient (Wildman–Crippen LogP) is 8.00. The van der Waals surface area contributed by atoms with Crippen molar-refractivity contribution in [3.05, 3.63) is 120 Å². The third-order valence-electron chi connectivity index (χ3n) is 5.90. The van der Waals surface area contributed by atoms with E-state index in [1.54, 1.807) is 0 Å². The zero-order valence-corrected chi connectivity index (χ0v) is 16.5. The molecule has 0 aliphatic carbocycles. The minimum absolute atomic E-state index is 0.843. The Bertz CT molecular complexity index is 1510. The Labute approximate surface area is 175 Å². The van der Waals surface area contributed by atoms with Crippen LogP contribution in [0, 0.1) is 0 Å². The normalized spacial score (nSPS) is 11.5. The molecule has 0 saturated heterocycles.